The van der Waals surface area contributed by atoms with Crippen molar-refractivity contribution in [2.24, 2.45) is 0 Å². The maximum atomic E-state index is 13.9. The lowest BCUT2D eigenvalue weighted by Gasteiger charge is -2.29. The molecule has 0 fully saturated rings. The van der Waals surface area contributed by atoms with E-state index >= 15 is 0 Å². The van der Waals surface area contributed by atoms with E-state index < -0.39 is 22.5 Å². The third-order valence-electron chi connectivity index (χ3n) is 2.71. The largest absolute Gasteiger partial charge is 0.479 e. The van der Waals surface area contributed by atoms with Crippen molar-refractivity contribution in [2.75, 3.05) is 0 Å². The summed E-state index contributed by atoms with van der Waals surface area (Å²) < 4.78 is 23.1. The van der Waals surface area contributed by atoms with Gasteiger partial charge in [-0.25, -0.2) is 9.18 Å². The van der Waals surface area contributed by atoms with Crippen molar-refractivity contribution >= 4 is 33.5 Å². The molecule has 0 bridgehead atoms. The highest BCUT2D eigenvalue weighted by Crippen LogP contribution is 2.34. The fourth-order valence-corrected chi connectivity index (χ4v) is 2.13. The van der Waals surface area contributed by atoms with Gasteiger partial charge in [0.05, 0.1) is 5.03 Å². The first-order valence-electron chi connectivity index (χ1n) is 6.18. The topological polar surface area (TPSA) is 67.8 Å². The van der Waals surface area contributed by atoms with E-state index in [4.69, 9.17) is 26.2 Å². The zero-order valence-corrected chi connectivity index (χ0v) is 13.7. The molecule has 0 aromatic heterocycles. The molecular weight excluding hydrogens is 381 g/mol. The zero-order chi connectivity index (χ0) is 16.3. The first kappa shape index (κ1) is 16.6. The molecule has 2 N–H and O–H groups in total. The summed E-state index contributed by atoms with van der Waals surface area (Å²) in [6.45, 7) is 1.42. The third-order valence-corrected chi connectivity index (χ3v) is 3.70. The molecule has 2 rings (SSSR count). The van der Waals surface area contributed by atoms with Crippen LogP contribution in [0.15, 0.2) is 47.4 Å². The van der Waals surface area contributed by atoms with Crippen LogP contribution < -0.4 is 14.8 Å². The second-order valence-corrected chi connectivity index (χ2v) is 5.99. The molecule has 0 saturated heterocycles. The van der Waals surface area contributed by atoms with Crippen molar-refractivity contribution in [1.29, 1.82) is 0 Å². The summed E-state index contributed by atoms with van der Waals surface area (Å²) in [7, 11) is 0. The van der Waals surface area contributed by atoms with Crippen molar-refractivity contribution in [3.63, 3.8) is 0 Å². The van der Waals surface area contributed by atoms with Gasteiger partial charge in [-0.1, -0.05) is 11.6 Å². The van der Waals surface area contributed by atoms with Crippen molar-refractivity contribution in [2.45, 2.75) is 17.7 Å². The minimum absolute atomic E-state index is 0.211. The number of allylic oxidation sites excluding steroid dienone is 2. The summed E-state index contributed by atoms with van der Waals surface area (Å²) in [6.07, 6.45) is 1.55. The van der Waals surface area contributed by atoms with Crippen LogP contribution in [0.5, 0.6) is 11.5 Å². The quantitative estimate of drug-likeness (QED) is 0.593. The second kappa shape index (κ2) is 6.58. The van der Waals surface area contributed by atoms with Gasteiger partial charge in [0.1, 0.15) is 11.5 Å². The number of carboxylic acids is 1. The Hall–Kier alpha value is -1.73. The average Bonchev–Trinajstić information content (AvgIpc) is 2.46. The number of dihydropyridines is 1. The Kier molecular flexibility index (Phi) is 4.97. The summed E-state index contributed by atoms with van der Waals surface area (Å²) in [4.78, 5) is 10.7. The molecule has 0 spiro atoms. The van der Waals surface area contributed by atoms with Crippen LogP contribution in [0.2, 0.25) is 0 Å². The lowest BCUT2D eigenvalue weighted by Crippen LogP contribution is -2.44. The van der Waals surface area contributed by atoms with Crippen molar-refractivity contribution in [3.05, 3.63) is 47.4 Å². The van der Waals surface area contributed by atoms with Gasteiger partial charge in [0.15, 0.2) is 11.9 Å². The van der Waals surface area contributed by atoms with Gasteiger partial charge in [0.2, 0.25) is 0 Å². The minimum atomic E-state index is -1.54. The highest BCUT2D eigenvalue weighted by Gasteiger charge is 2.36. The molecule has 1 aromatic carbocycles. The van der Waals surface area contributed by atoms with Crippen LogP contribution >= 0.6 is 27.5 Å². The number of alkyl halides is 1. The number of benzene rings is 1. The number of halogens is 3. The third kappa shape index (κ3) is 3.92. The highest BCUT2D eigenvalue weighted by molar-refractivity contribution is 9.10. The van der Waals surface area contributed by atoms with E-state index in [9.17, 15) is 9.18 Å². The molecule has 2 unspecified atom stereocenters. The number of aliphatic carboxylic acids is 1. The fraction of sp³-hybridized carbons (Fsp3) is 0.214. The van der Waals surface area contributed by atoms with Crippen LogP contribution in [0, 0.1) is 0 Å². The lowest BCUT2D eigenvalue weighted by atomic mass is 10.3. The summed E-state index contributed by atoms with van der Waals surface area (Å²) in [6, 6.07) is 6.11. The van der Waals surface area contributed by atoms with Crippen LogP contribution in [0.25, 0.3) is 0 Å². The van der Waals surface area contributed by atoms with Gasteiger partial charge in [-0.3, -0.25) is 0 Å². The minimum Gasteiger partial charge on any atom is -0.479 e. The maximum Gasteiger partial charge on any atom is 0.344 e. The Morgan fingerprint density at radius 1 is 1.41 bits per heavy atom. The molecule has 0 amide bonds. The second-order valence-electron chi connectivity index (χ2n) is 4.43. The molecule has 0 radical (unpaired) electrons. The smallest absolute Gasteiger partial charge is 0.344 e. The van der Waals surface area contributed by atoms with Gasteiger partial charge in [-0.15, -0.1) is 0 Å². The molecular formula is C14H12BrClFNO4. The van der Waals surface area contributed by atoms with Crippen molar-refractivity contribution < 1.29 is 23.8 Å². The van der Waals surface area contributed by atoms with E-state index in [0.29, 0.717) is 11.5 Å². The summed E-state index contributed by atoms with van der Waals surface area (Å²) in [5.41, 5.74) is 0. The Labute approximate surface area is 139 Å². The number of nitrogens with one attached hydrogen (secondary N) is 1. The van der Waals surface area contributed by atoms with E-state index in [1.807, 2.05) is 0 Å². The molecule has 0 aliphatic carbocycles. The number of carbonyl (C=O) groups is 1. The monoisotopic (exact) mass is 391 g/mol. The molecule has 8 heteroatoms. The normalized spacial score (nSPS) is 22.0. The molecule has 118 valence electrons. The van der Waals surface area contributed by atoms with Gasteiger partial charge < -0.3 is 19.9 Å². The number of carboxylic acid groups (broad SMARTS) is 1. The van der Waals surface area contributed by atoms with Gasteiger partial charge >= 0.3 is 5.97 Å². The summed E-state index contributed by atoms with van der Waals surface area (Å²) >= 11 is 8.79. The fourth-order valence-electron chi connectivity index (χ4n) is 1.57. The number of ether oxygens (including phenoxy) is 2. The maximum absolute atomic E-state index is 13.9. The van der Waals surface area contributed by atoms with Crippen LogP contribution in [-0.2, 0) is 4.79 Å². The van der Waals surface area contributed by atoms with Crippen LogP contribution in [0.3, 0.4) is 0 Å². The summed E-state index contributed by atoms with van der Waals surface area (Å²) in [5, 5.41) is 11.6. The summed E-state index contributed by atoms with van der Waals surface area (Å²) in [5.74, 6) is -1.00. The Morgan fingerprint density at radius 3 is 2.55 bits per heavy atom. The van der Waals surface area contributed by atoms with E-state index in [0.717, 1.165) is 6.08 Å². The molecule has 1 aromatic rings. The number of hydrogen-bond acceptors (Lipinski definition) is 4. The zero-order valence-electron chi connectivity index (χ0n) is 11.3. The Morgan fingerprint density at radius 2 is 2.00 bits per heavy atom. The lowest BCUT2D eigenvalue weighted by molar-refractivity contribution is -0.144. The Balaban J connectivity index is 2.06. The van der Waals surface area contributed by atoms with E-state index in [1.165, 1.54) is 37.4 Å². The predicted octanol–water partition coefficient (Wildman–Crippen LogP) is 3.50. The molecule has 1 aliphatic rings. The van der Waals surface area contributed by atoms with Gasteiger partial charge in [0.25, 0.3) is 4.63 Å². The van der Waals surface area contributed by atoms with Gasteiger partial charge in [0, 0.05) is 6.20 Å². The molecule has 1 heterocycles. The SMILES string of the molecule is CC(Oc1ccc(OC2(Br)NC=C(Cl)C=C2F)cc1)C(=O)O. The predicted molar refractivity (Wildman–Crippen MR) is 82.7 cm³/mol. The molecule has 1 aliphatic heterocycles. The molecule has 0 saturated carbocycles. The molecule has 5 nitrogen and oxygen atoms in total. The van der Waals surface area contributed by atoms with E-state index in [-0.39, 0.29) is 5.03 Å². The van der Waals surface area contributed by atoms with Crippen LogP contribution in [0.4, 0.5) is 4.39 Å². The number of rotatable bonds is 5. The first-order chi connectivity index (χ1) is 10.3. The van der Waals surface area contributed by atoms with Crippen LogP contribution in [-0.4, -0.2) is 21.8 Å². The standard InChI is InChI=1S/C14H12BrClFNO4/c1-8(13(19)20)21-10-2-4-11(5-3-10)22-14(15)12(17)6-9(16)7-18-14/h2-8,18H,1H3,(H,19,20). The average molecular weight is 393 g/mol. The first-order valence-corrected chi connectivity index (χ1v) is 7.36. The van der Waals surface area contributed by atoms with Crippen molar-refractivity contribution in [1.82, 2.24) is 5.32 Å². The van der Waals surface area contributed by atoms with Gasteiger partial charge in [-0.2, -0.15) is 0 Å². The van der Waals surface area contributed by atoms with Crippen molar-refractivity contribution in [3.8, 4) is 11.5 Å². The Bertz CT molecular complexity index is 634. The highest BCUT2D eigenvalue weighted by atomic mass is 79.9. The van der Waals surface area contributed by atoms with E-state index in [2.05, 4.69) is 21.2 Å². The van der Waals surface area contributed by atoms with Crippen LogP contribution in [0.1, 0.15) is 6.92 Å². The van der Waals surface area contributed by atoms with E-state index in [1.54, 1.807) is 0 Å². The number of hydrogen-bond donors (Lipinski definition) is 2. The van der Waals surface area contributed by atoms with Gasteiger partial charge in [-0.05, 0) is 53.2 Å². The molecule has 22 heavy (non-hydrogen) atoms. The molecule has 2 atom stereocenters.